The smallest absolute Gasteiger partial charge is 0.436 e. The van der Waals surface area contributed by atoms with Crippen LogP contribution in [0.4, 0.5) is 4.79 Å². The summed E-state index contributed by atoms with van der Waals surface area (Å²) in [6.07, 6.45) is -1.52. The highest BCUT2D eigenvalue weighted by Crippen LogP contribution is 2.33. The van der Waals surface area contributed by atoms with Crippen LogP contribution in [-0.2, 0) is 4.74 Å². The lowest BCUT2D eigenvalue weighted by molar-refractivity contribution is 0.0128. The molecule has 2 aromatic rings. The van der Waals surface area contributed by atoms with Gasteiger partial charge in [-0.1, -0.05) is 72.9 Å². The van der Waals surface area contributed by atoms with Gasteiger partial charge < -0.3 is 4.74 Å². The SMILES string of the molecule is O=C1OC(C(c2ccccc2)c2ccccc2)C(=S)N1O. The van der Waals surface area contributed by atoms with E-state index in [1.165, 1.54) is 0 Å². The van der Waals surface area contributed by atoms with E-state index in [0.717, 1.165) is 11.1 Å². The van der Waals surface area contributed by atoms with Crippen molar-refractivity contribution in [2.45, 2.75) is 12.0 Å². The minimum Gasteiger partial charge on any atom is -0.436 e. The summed E-state index contributed by atoms with van der Waals surface area (Å²) in [5.41, 5.74) is 1.94. The van der Waals surface area contributed by atoms with Crippen LogP contribution in [0.15, 0.2) is 60.7 Å². The maximum absolute atomic E-state index is 11.5. The number of benzene rings is 2. The molecular weight excluding hydrogens is 286 g/mol. The molecule has 3 rings (SSSR count). The fraction of sp³-hybridized carbons (Fsp3) is 0.125. The standard InChI is InChI=1S/C16H13NO3S/c18-16-17(19)15(21)14(20-16)13(11-7-3-1-4-8-11)12-9-5-2-6-10-12/h1-10,13-14,19H. The summed E-state index contributed by atoms with van der Waals surface area (Å²) >= 11 is 5.15. The van der Waals surface area contributed by atoms with Crippen molar-refractivity contribution in [1.29, 1.82) is 0 Å². The van der Waals surface area contributed by atoms with Crippen LogP contribution in [-0.4, -0.2) is 27.5 Å². The average molecular weight is 299 g/mol. The van der Waals surface area contributed by atoms with Crippen LogP contribution in [0.5, 0.6) is 0 Å². The lowest BCUT2D eigenvalue weighted by Crippen LogP contribution is -2.30. The summed E-state index contributed by atoms with van der Waals surface area (Å²) in [6.45, 7) is 0. The summed E-state index contributed by atoms with van der Waals surface area (Å²) in [5, 5.41) is 10.00. The minimum absolute atomic E-state index is 0.0812. The Hall–Kier alpha value is -2.24. The number of amides is 1. The van der Waals surface area contributed by atoms with E-state index in [4.69, 9.17) is 17.0 Å². The van der Waals surface area contributed by atoms with Gasteiger partial charge in [0.1, 0.15) is 0 Å². The van der Waals surface area contributed by atoms with Gasteiger partial charge in [-0.25, -0.2) is 4.79 Å². The molecule has 0 aromatic heterocycles. The summed E-state index contributed by atoms with van der Waals surface area (Å²) < 4.78 is 5.25. The van der Waals surface area contributed by atoms with E-state index >= 15 is 0 Å². The van der Waals surface area contributed by atoms with E-state index in [9.17, 15) is 10.0 Å². The van der Waals surface area contributed by atoms with Crippen molar-refractivity contribution < 1.29 is 14.7 Å². The minimum atomic E-state index is -0.832. The van der Waals surface area contributed by atoms with Crippen molar-refractivity contribution >= 4 is 23.3 Å². The van der Waals surface area contributed by atoms with Crippen LogP contribution in [0.1, 0.15) is 17.0 Å². The van der Waals surface area contributed by atoms with Crippen molar-refractivity contribution in [3.05, 3.63) is 71.8 Å². The van der Waals surface area contributed by atoms with E-state index in [2.05, 4.69) is 0 Å². The molecule has 4 nitrogen and oxygen atoms in total. The zero-order valence-corrected chi connectivity index (χ0v) is 11.9. The fourth-order valence-corrected chi connectivity index (χ4v) is 2.75. The molecule has 1 aliphatic rings. The third kappa shape index (κ3) is 2.53. The number of carbonyl (C=O) groups excluding carboxylic acids is 1. The van der Waals surface area contributed by atoms with E-state index in [1.54, 1.807) is 0 Å². The second-order valence-corrected chi connectivity index (χ2v) is 5.17. The van der Waals surface area contributed by atoms with Crippen molar-refractivity contribution in [2.75, 3.05) is 0 Å². The van der Waals surface area contributed by atoms with E-state index in [0.29, 0.717) is 5.06 Å². The first-order valence-corrected chi connectivity index (χ1v) is 6.92. The van der Waals surface area contributed by atoms with Crippen molar-refractivity contribution in [3.8, 4) is 0 Å². The van der Waals surface area contributed by atoms with Crippen LogP contribution < -0.4 is 0 Å². The summed E-state index contributed by atoms with van der Waals surface area (Å²) in [5.74, 6) is -0.249. The number of nitrogens with zero attached hydrogens (tertiary/aromatic N) is 1. The van der Waals surface area contributed by atoms with Crippen LogP contribution in [0, 0.1) is 0 Å². The average Bonchev–Trinajstić information content (AvgIpc) is 2.78. The first-order valence-electron chi connectivity index (χ1n) is 6.52. The zero-order valence-electron chi connectivity index (χ0n) is 11.0. The molecule has 0 aliphatic carbocycles. The highest BCUT2D eigenvalue weighted by molar-refractivity contribution is 7.80. The molecule has 1 atom stereocenters. The molecule has 0 radical (unpaired) electrons. The number of hydroxylamine groups is 2. The van der Waals surface area contributed by atoms with Gasteiger partial charge >= 0.3 is 6.09 Å². The molecule has 0 spiro atoms. The zero-order chi connectivity index (χ0) is 14.8. The predicted molar refractivity (Wildman–Crippen MR) is 81.2 cm³/mol. The van der Waals surface area contributed by atoms with Gasteiger partial charge in [-0.15, -0.1) is 5.06 Å². The van der Waals surface area contributed by atoms with E-state index in [1.807, 2.05) is 60.7 Å². The molecule has 1 aliphatic heterocycles. The molecular formula is C16H13NO3S. The Labute approximate surface area is 127 Å². The van der Waals surface area contributed by atoms with Crippen LogP contribution in [0.2, 0.25) is 0 Å². The van der Waals surface area contributed by atoms with Gasteiger partial charge in [0.05, 0.1) is 5.92 Å². The first-order chi connectivity index (χ1) is 10.2. The second-order valence-electron chi connectivity index (χ2n) is 4.75. The number of ether oxygens (including phenoxy) is 1. The van der Waals surface area contributed by atoms with Crippen molar-refractivity contribution in [1.82, 2.24) is 5.06 Å². The Kier molecular flexibility index (Phi) is 3.68. The highest BCUT2D eigenvalue weighted by atomic mass is 32.1. The van der Waals surface area contributed by atoms with Gasteiger partial charge in [-0.2, -0.15) is 0 Å². The molecule has 1 saturated heterocycles. The Morgan fingerprint density at radius 3 is 1.86 bits per heavy atom. The number of cyclic esters (lactones) is 1. The molecule has 1 fully saturated rings. The normalized spacial score (nSPS) is 18.2. The molecule has 5 heteroatoms. The lowest BCUT2D eigenvalue weighted by Gasteiger charge is -2.22. The fourth-order valence-electron chi connectivity index (χ4n) is 2.49. The summed E-state index contributed by atoms with van der Waals surface area (Å²) in [7, 11) is 0. The number of hydrogen-bond acceptors (Lipinski definition) is 4. The Morgan fingerprint density at radius 2 is 1.48 bits per heavy atom. The molecule has 1 heterocycles. The Bertz CT molecular complexity index is 620. The second kappa shape index (κ2) is 5.63. The summed E-state index contributed by atoms with van der Waals surface area (Å²) in [6, 6.07) is 19.3. The highest BCUT2D eigenvalue weighted by Gasteiger charge is 2.42. The number of carbonyl (C=O) groups is 1. The molecule has 1 N–H and O–H groups in total. The van der Waals surface area contributed by atoms with Crippen molar-refractivity contribution in [2.24, 2.45) is 0 Å². The molecule has 2 aromatic carbocycles. The molecule has 1 unspecified atom stereocenters. The molecule has 106 valence electrons. The monoisotopic (exact) mass is 299 g/mol. The lowest BCUT2D eigenvalue weighted by atomic mass is 9.86. The number of rotatable bonds is 3. The largest absolute Gasteiger partial charge is 0.439 e. The molecule has 0 saturated carbocycles. The molecule has 0 bridgehead atoms. The van der Waals surface area contributed by atoms with Crippen LogP contribution in [0.3, 0.4) is 0 Å². The van der Waals surface area contributed by atoms with Crippen molar-refractivity contribution in [3.63, 3.8) is 0 Å². The predicted octanol–water partition coefficient (Wildman–Crippen LogP) is 3.36. The first kappa shape index (κ1) is 13.7. The van der Waals surface area contributed by atoms with Crippen LogP contribution in [0.25, 0.3) is 0 Å². The Balaban J connectivity index is 2.06. The van der Waals surface area contributed by atoms with Gasteiger partial charge in [0.2, 0.25) is 0 Å². The maximum atomic E-state index is 11.5. The topological polar surface area (TPSA) is 49.8 Å². The third-order valence-corrected chi connectivity index (χ3v) is 3.88. The number of thiocarbonyl (C=S) groups is 1. The quantitative estimate of drug-likeness (QED) is 0.697. The molecule has 1 amide bonds. The number of hydrogen-bond donors (Lipinski definition) is 1. The summed E-state index contributed by atoms with van der Waals surface area (Å²) in [4.78, 5) is 11.6. The van der Waals surface area contributed by atoms with Gasteiger partial charge in [0, 0.05) is 0 Å². The van der Waals surface area contributed by atoms with E-state index < -0.39 is 12.2 Å². The Morgan fingerprint density at radius 1 is 1.00 bits per heavy atom. The molecule has 21 heavy (non-hydrogen) atoms. The van der Waals surface area contributed by atoms with Gasteiger partial charge in [-0.05, 0) is 11.1 Å². The van der Waals surface area contributed by atoms with Crippen LogP contribution >= 0.6 is 12.2 Å². The van der Waals surface area contributed by atoms with Gasteiger partial charge in [0.25, 0.3) is 0 Å². The van der Waals surface area contributed by atoms with E-state index in [-0.39, 0.29) is 10.9 Å². The van der Waals surface area contributed by atoms with Gasteiger partial charge in [0.15, 0.2) is 11.1 Å². The van der Waals surface area contributed by atoms with Gasteiger partial charge in [-0.3, -0.25) is 5.21 Å². The third-order valence-electron chi connectivity index (χ3n) is 3.47. The maximum Gasteiger partial charge on any atom is 0.439 e.